The summed E-state index contributed by atoms with van der Waals surface area (Å²) in [4.78, 5) is 11.8. The second-order valence-electron chi connectivity index (χ2n) is 3.95. The molecule has 16 heavy (non-hydrogen) atoms. The molecule has 0 aromatic carbocycles. The van der Waals surface area contributed by atoms with Crippen LogP contribution in [0.2, 0.25) is 0 Å². The second-order valence-corrected chi connectivity index (χ2v) is 4.26. The van der Waals surface area contributed by atoms with Crippen LogP contribution in [0.3, 0.4) is 0 Å². The molecule has 0 fully saturated rings. The molecule has 1 rings (SSSR count). The molecule has 1 N–H and O–H groups in total. The Morgan fingerprint density at radius 1 is 1.50 bits per heavy atom. The Morgan fingerprint density at radius 2 is 2.19 bits per heavy atom. The molecule has 5 heteroatoms. The van der Waals surface area contributed by atoms with Crippen molar-refractivity contribution in [1.82, 2.24) is 15.5 Å². The molecule has 1 aromatic heterocycles. The number of halogens is 1. The number of alkyl halides is 1. The van der Waals surface area contributed by atoms with Crippen molar-refractivity contribution in [2.75, 3.05) is 12.4 Å². The van der Waals surface area contributed by atoms with Crippen LogP contribution >= 0.6 is 11.6 Å². The second kappa shape index (κ2) is 5.80. The fourth-order valence-electron chi connectivity index (χ4n) is 1.20. The predicted molar refractivity (Wildman–Crippen MR) is 63.7 cm³/mol. The highest BCUT2D eigenvalue weighted by Gasteiger charge is 2.11. The Balaban J connectivity index is 2.69. The summed E-state index contributed by atoms with van der Waals surface area (Å²) in [5.74, 6) is 0.682. The Bertz CT molecular complexity index is 381. The van der Waals surface area contributed by atoms with Crippen LogP contribution in [0.4, 0.5) is 0 Å². The van der Waals surface area contributed by atoms with Crippen LogP contribution in [0.15, 0.2) is 6.07 Å². The van der Waals surface area contributed by atoms with E-state index in [0.717, 1.165) is 5.69 Å². The van der Waals surface area contributed by atoms with E-state index in [-0.39, 0.29) is 11.8 Å². The van der Waals surface area contributed by atoms with Crippen LogP contribution in [-0.2, 0) is 0 Å². The van der Waals surface area contributed by atoms with Gasteiger partial charge in [-0.25, -0.2) is 0 Å². The molecule has 88 valence electrons. The molecule has 0 spiro atoms. The number of carbonyl (C=O) groups is 1. The fourth-order valence-corrected chi connectivity index (χ4v) is 1.31. The van der Waals surface area contributed by atoms with Crippen LogP contribution in [0.5, 0.6) is 0 Å². The quantitative estimate of drug-likeness (QED) is 0.817. The summed E-state index contributed by atoms with van der Waals surface area (Å²) in [6.45, 7) is 6.14. The first-order valence-corrected chi connectivity index (χ1v) is 5.73. The van der Waals surface area contributed by atoms with E-state index in [0.29, 0.717) is 23.7 Å². The number of rotatable bonds is 4. The van der Waals surface area contributed by atoms with Gasteiger partial charge in [0, 0.05) is 12.4 Å². The lowest BCUT2D eigenvalue weighted by Gasteiger charge is -2.10. The molecule has 1 amide bonds. The molecule has 0 bridgehead atoms. The molecule has 1 heterocycles. The van der Waals surface area contributed by atoms with E-state index >= 15 is 0 Å². The molecule has 1 atom stereocenters. The summed E-state index contributed by atoms with van der Waals surface area (Å²) in [7, 11) is 0. The summed E-state index contributed by atoms with van der Waals surface area (Å²) in [5.41, 5.74) is 1.96. The highest BCUT2D eigenvalue weighted by molar-refractivity contribution is 6.18. The number of aromatic nitrogens is 2. The van der Waals surface area contributed by atoms with E-state index in [2.05, 4.69) is 15.5 Å². The molecule has 0 aliphatic carbocycles. The minimum absolute atomic E-state index is 0.118. The first kappa shape index (κ1) is 12.9. The average Bonchev–Trinajstić information content (AvgIpc) is 2.28. The smallest absolute Gasteiger partial charge is 0.253 e. The molecule has 0 saturated carbocycles. The van der Waals surface area contributed by atoms with Crippen molar-refractivity contribution in [3.05, 3.63) is 23.0 Å². The summed E-state index contributed by atoms with van der Waals surface area (Å²) in [5, 5.41) is 10.6. The van der Waals surface area contributed by atoms with Gasteiger partial charge in [-0.05, 0) is 25.8 Å². The lowest BCUT2D eigenvalue weighted by Crippen LogP contribution is -2.29. The number of hydrogen-bond donors (Lipinski definition) is 1. The monoisotopic (exact) mass is 241 g/mol. The van der Waals surface area contributed by atoms with Crippen LogP contribution in [-0.4, -0.2) is 28.5 Å². The Kier molecular flexibility index (Phi) is 4.68. The van der Waals surface area contributed by atoms with Gasteiger partial charge in [0.05, 0.1) is 17.0 Å². The van der Waals surface area contributed by atoms with E-state index in [1.165, 1.54) is 0 Å². The van der Waals surface area contributed by atoms with Crippen molar-refractivity contribution < 1.29 is 4.79 Å². The van der Waals surface area contributed by atoms with Gasteiger partial charge in [0.25, 0.3) is 5.91 Å². The van der Waals surface area contributed by atoms with Crippen molar-refractivity contribution in [1.29, 1.82) is 0 Å². The van der Waals surface area contributed by atoms with E-state index in [4.69, 9.17) is 11.6 Å². The minimum atomic E-state index is -0.118. The molecule has 1 aromatic rings. The van der Waals surface area contributed by atoms with Crippen molar-refractivity contribution in [3.8, 4) is 0 Å². The maximum Gasteiger partial charge on any atom is 0.253 e. The minimum Gasteiger partial charge on any atom is -0.352 e. The topological polar surface area (TPSA) is 54.9 Å². The molecule has 0 aliphatic rings. The summed E-state index contributed by atoms with van der Waals surface area (Å²) in [6.07, 6.45) is 0. The van der Waals surface area contributed by atoms with Gasteiger partial charge in [-0.1, -0.05) is 6.92 Å². The number of carbonyl (C=O) groups excluding carboxylic acids is 1. The average molecular weight is 242 g/mol. The van der Waals surface area contributed by atoms with Gasteiger partial charge >= 0.3 is 0 Å². The molecule has 1 unspecified atom stereocenters. The standard InChI is InChI=1S/C11H16ClN3O/c1-7(5-12)6-13-11(16)10-4-8(2)14-15-9(10)3/h4,7H,5-6H2,1-3H3,(H,13,16). The number of aryl methyl sites for hydroxylation is 2. The SMILES string of the molecule is Cc1cc(C(=O)NCC(C)CCl)c(C)nn1. The van der Waals surface area contributed by atoms with Gasteiger partial charge in [0.1, 0.15) is 0 Å². The number of hydrogen-bond acceptors (Lipinski definition) is 3. The van der Waals surface area contributed by atoms with Gasteiger partial charge in [0.15, 0.2) is 0 Å². The Hall–Kier alpha value is -1.16. The van der Waals surface area contributed by atoms with Gasteiger partial charge < -0.3 is 5.32 Å². The van der Waals surface area contributed by atoms with Crippen molar-refractivity contribution in [2.24, 2.45) is 5.92 Å². The Labute approximate surface area is 100 Å². The third-order valence-electron chi connectivity index (χ3n) is 2.22. The first-order chi connectivity index (χ1) is 7.54. The predicted octanol–water partition coefficient (Wildman–Crippen LogP) is 1.70. The van der Waals surface area contributed by atoms with Crippen LogP contribution < -0.4 is 5.32 Å². The zero-order valence-electron chi connectivity index (χ0n) is 9.75. The normalized spacial score (nSPS) is 12.2. The Morgan fingerprint density at radius 3 is 2.81 bits per heavy atom. The first-order valence-electron chi connectivity index (χ1n) is 5.19. The van der Waals surface area contributed by atoms with Crippen molar-refractivity contribution in [2.45, 2.75) is 20.8 Å². The van der Waals surface area contributed by atoms with Crippen LogP contribution in [0, 0.1) is 19.8 Å². The number of nitrogens with one attached hydrogen (secondary N) is 1. The van der Waals surface area contributed by atoms with E-state index in [1.807, 2.05) is 13.8 Å². The molecular weight excluding hydrogens is 226 g/mol. The van der Waals surface area contributed by atoms with Gasteiger partial charge in [0.2, 0.25) is 0 Å². The zero-order valence-corrected chi connectivity index (χ0v) is 10.5. The van der Waals surface area contributed by atoms with Crippen molar-refractivity contribution >= 4 is 17.5 Å². The van der Waals surface area contributed by atoms with Gasteiger partial charge in [-0.3, -0.25) is 4.79 Å². The van der Waals surface area contributed by atoms with Gasteiger partial charge in [-0.15, -0.1) is 11.6 Å². The molecule has 0 saturated heterocycles. The van der Waals surface area contributed by atoms with Crippen molar-refractivity contribution in [3.63, 3.8) is 0 Å². The van der Waals surface area contributed by atoms with Gasteiger partial charge in [-0.2, -0.15) is 10.2 Å². The van der Waals surface area contributed by atoms with Crippen LogP contribution in [0.25, 0.3) is 0 Å². The van der Waals surface area contributed by atoms with E-state index in [9.17, 15) is 4.79 Å². The lowest BCUT2D eigenvalue weighted by atomic mass is 10.1. The highest BCUT2D eigenvalue weighted by atomic mass is 35.5. The molecule has 4 nitrogen and oxygen atoms in total. The fraction of sp³-hybridized carbons (Fsp3) is 0.545. The zero-order chi connectivity index (χ0) is 12.1. The maximum absolute atomic E-state index is 11.8. The molecular formula is C11H16ClN3O. The highest BCUT2D eigenvalue weighted by Crippen LogP contribution is 2.05. The third kappa shape index (κ3) is 3.45. The van der Waals surface area contributed by atoms with E-state index in [1.54, 1.807) is 13.0 Å². The lowest BCUT2D eigenvalue weighted by molar-refractivity contribution is 0.0948. The molecule has 0 radical (unpaired) electrons. The number of amides is 1. The summed E-state index contributed by atoms with van der Waals surface area (Å²) >= 11 is 5.66. The van der Waals surface area contributed by atoms with E-state index < -0.39 is 0 Å². The number of nitrogens with zero attached hydrogens (tertiary/aromatic N) is 2. The molecule has 0 aliphatic heterocycles. The van der Waals surface area contributed by atoms with Crippen LogP contribution in [0.1, 0.15) is 28.7 Å². The summed E-state index contributed by atoms with van der Waals surface area (Å²) in [6, 6.07) is 1.74. The third-order valence-corrected chi connectivity index (χ3v) is 2.75. The maximum atomic E-state index is 11.8. The largest absolute Gasteiger partial charge is 0.352 e. The summed E-state index contributed by atoms with van der Waals surface area (Å²) < 4.78 is 0.